The normalized spacial score (nSPS) is 11.1. The summed E-state index contributed by atoms with van der Waals surface area (Å²) in [5.41, 5.74) is 0.0635. The van der Waals surface area contributed by atoms with Crippen LogP contribution in [0.1, 0.15) is 6.92 Å². The standard InChI is InChI=1S/C14H14N2O5S/c1-2-21-16(13-10-8-12(9-11-13)15(17)18)22(19,20)14-6-4-3-5-7-14/h3-11H,2H2,1H3. The Balaban J connectivity index is 2.44. The van der Waals surface area contributed by atoms with Crippen LogP contribution in [0.5, 0.6) is 0 Å². The fourth-order valence-electron chi connectivity index (χ4n) is 1.78. The van der Waals surface area contributed by atoms with Gasteiger partial charge in [0.05, 0.1) is 22.1 Å². The van der Waals surface area contributed by atoms with E-state index in [2.05, 4.69) is 0 Å². The fraction of sp³-hybridized carbons (Fsp3) is 0.143. The number of hydrogen-bond donors (Lipinski definition) is 0. The predicted molar refractivity (Wildman–Crippen MR) is 80.8 cm³/mol. The molecule has 0 saturated heterocycles. The molecule has 0 spiro atoms. The van der Waals surface area contributed by atoms with Crippen LogP contribution in [-0.4, -0.2) is 19.9 Å². The minimum Gasteiger partial charge on any atom is -0.259 e. The molecule has 0 bridgehead atoms. The van der Waals surface area contributed by atoms with E-state index in [-0.39, 0.29) is 22.9 Å². The van der Waals surface area contributed by atoms with Crippen molar-refractivity contribution < 1.29 is 18.2 Å². The lowest BCUT2D eigenvalue weighted by Crippen LogP contribution is -2.31. The zero-order valence-corrected chi connectivity index (χ0v) is 12.6. The molecule has 2 aromatic rings. The molecule has 0 heterocycles. The molecule has 116 valence electrons. The van der Waals surface area contributed by atoms with Crippen molar-refractivity contribution in [3.05, 3.63) is 64.7 Å². The molecule has 0 radical (unpaired) electrons. The maximum Gasteiger partial charge on any atom is 0.286 e. The SMILES string of the molecule is CCON(c1ccc([N+](=O)[O-])cc1)S(=O)(=O)c1ccccc1. The molecule has 2 aromatic carbocycles. The molecular weight excluding hydrogens is 308 g/mol. The van der Waals surface area contributed by atoms with E-state index in [0.29, 0.717) is 0 Å². The van der Waals surface area contributed by atoms with Gasteiger partial charge in [-0.3, -0.25) is 15.0 Å². The number of anilines is 1. The summed E-state index contributed by atoms with van der Waals surface area (Å²) in [5, 5.41) is 10.7. The minimum atomic E-state index is -3.91. The number of nitrogens with zero attached hydrogens (tertiary/aromatic N) is 2. The van der Waals surface area contributed by atoms with Crippen LogP contribution in [0.4, 0.5) is 11.4 Å². The second-order valence-electron chi connectivity index (χ2n) is 4.24. The molecule has 0 amide bonds. The van der Waals surface area contributed by atoms with Gasteiger partial charge in [-0.2, -0.15) is 8.42 Å². The largest absolute Gasteiger partial charge is 0.286 e. The van der Waals surface area contributed by atoms with E-state index >= 15 is 0 Å². The Morgan fingerprint density at radius 1 is 1.09 bits per heavy atom. The number of sulfonamides is 1. The van der Waals surface area contributed by atoms with Crippen LogP contribution >= 0.6 is 0 Å². The van der Waals surface area contributed by atoms with Crippen LogP contribution in [0.25, 0.3) is 0 Å². The summed E-state index contributed by atoms with van der Waals surface area (Å²) < 4.78 is 26.0. The molecular formula is C14H14N2O5S. The van der Waals surface area contributed by atoms with E-state index in [4.69, 9.17) is 4.84 Å². The third-order valence-corrected chi connectivity index (χ3v) is 4.40. The molecule has 7 nitrogen and oxygen atoms in total. The van der Waals surface area contributed by atoms with E-state index in [0.717, 1.165) is 4.47 Å². The van der Waals surface area contributed by atoms with Crippen LogP contribution in [0.3, 0.4) is 0 Å². The van der Waals surface area contributed by atoms with Gasteiger partial charge in [0.25, 0.3) is 15.7 Å². The first-order valence-electron chi connectivity index (χ1n) is 6.44. The van der Waals surface area contributed by atoms with Crippen molar-refractivity contribution >= 4 is 21.4 Å². The number of rotatable bonds is 6. The zero-order chi connectivity index (χ0) is 16.2. The van der Waals surface area contributed by atoms with Crippen molar-refractivity contribution in [2.24, 2.45) is 0 Å². The highest BCUT2D eigenvalue weighted by molar-refractivity contribution is 7.92. The number of non-ortho nitro benzene ring substituents is 1. The summed E-state index contributed by atoms with van der Waals surface area (Å²) >= 11 is 0. The van der Waals surface area contributed by atoms with Gasteiger partial charge >= 0.3 is 0 Å². The molecule has 8 heteroatoms. The zero-order valence-electron chi connectivity index (χ0n) is 11.7. The molecule has 0 aliphatic rings. The highest BCUT2D eigenvalue weighted by Gasteiger charge is 2.26. The summed E-state index contributed by atoms with van der Waals surface area (Å²) in [5.74, 6) is 0. The van der Waals surface area contributed by atoms with Gasteiger partial charge in [0.15, 0.2) is 0 Å². The first kappa shape index (κ1) is 15.9. The predicted octanol–water partition coefficient (Wildman–Crippen LogP) is 2.74. The maximum absolute atomic E-state index is 12.6. The Morgan fingerprint density at radius 2 is 1.68 bits per heavy atom. The molecule has 22 heavy (non-hydrogen) atoms. The molecule has 0 N–H and O–H groups in total. The van der Waals surface area contributed by atoms with E-state index < -0.39 is 14.9 Å². The van der Waals surface area contributed by atoms with Gasteiger partial charge in [0.1, 0.15) is 0 Å². The highest BCUT2D eigenvalue weighted by Crippen LogP contribution is 2.26. The van der Waals surface area contributed by atoms with E-state index in [1.54, 1.807) is 25.1 Å². The summed E-state index contributed by atoms with van der Waals surface area (Å²) in [6.45, 7) is 1.78. The molecule has 0 saturated carbocycles. The van der Waals surface area contributed by atoms with Gasteiger partial charge in [0, 0.05) is 12.1 Å². The van der Waals surface area contributed by atoms with E-state index in [1.807, 2.05) is 0 Å². The van der Waals surface area contributed by atoms with Crippen LogP contribution in [0.15, 0.2) is 59.5 Å². The summed E-state index contributed by atoms with van der Waals surface area (Å²) in [6.07, 6.45) is 0. The first-order chi connectivity index (χ1) is 10.5. The second-order valence-corrected chi connectivity index (χ2v) is 5.99. The smallest absolute Gasteiger partial charge is 0.259 e. The topological polar surface area (TPSA) is 89.8 Å². The quantitative estimate of drug-likeness (QED) is 0.602. The molecule has 0 atom stereocenters. The van der Waals surface area contributed by atoms with Gasteiger partial charge < -0.3 is 0 Å². The first-order valence-corrected chi connectivity index (χ1v) is 7.88. The number of nitro benzene ring substituents is 1. The average Bonchev–Trinajstić information content (AvgIpc) is 2.53. The highest BCUT2D eigenvalue weighted by atomic mass is 32.2. The minimum absolute atomic E-state index is 0.0711. The maximum atomic E-state index is 12.6. The molecule has 0 aliphatic heterocycles. The Hall–Kier alpha value is -2.45. The molecule has 0 unspecified atom stereocenters. The van der Waals surface area contributed by atoms with Crippen molar-refractivity contribution in [2.75, 3.05) is 11.1 Å². The van der Waals surface area contributed by atoms with Crippen LogP contribution in [0, 0.1) is 10.1 Å². The molecule has 2 rings (SSSR count). The van der Waals surface area contributed by atoms with Gasteiger partial charge in [-0.05, 0) is 31.2 Å². The molecule has 0 aliphatic carbocycles. The van der Waals surface area contributed by atoms with Crippen LogP contribution in [0.2, 0.25) is 0 Å². The lowest BCUT2D eigenvalue weighted by molar-refractivity contribution is -0.384. The Kier molecular flexibility index (Phi) is 4.74. The average molecular weight is 322 g/mol. The van der Waals surface area contributed by atoms with Crippen molar-refractivity contribution in [3.8, 4) is 0 Å². The second kappa shape index (κ2) is 6.54. The number of benzene rings is 2. The third-order valence-electron chi connectivity index (χ3n) is 2.78. The van der Waals surface area contributed by atoms with Gasteiger partial charge in [-0.15, -0.1) is 4.47 Å². The third kappa shape index (κ3) is 3.23. The van der Waals surface area contributed by atoms with Crippen molar-refractivity contribution in [1.29, 1.82) is 0 Å². The van der Waals surface area contributed by atoms with Gasteiger partial charge in [-0.1, -0.05) is 18.2 Å². The van der Waals surface area contributed by atoms with Gasteiger partial charge in [0.2, 0.25) is 0 Å². The lowest BCUT2D eigenvalue weighted by Gasteiger charge is -2.22. The van der Waals surface area contributed by atoms with Crippen LogP contribution < -0.4 is 4.47 Å². The van der Waals surface area contributed by atoms with Crippen molar-refractivity contribution in [3.63, 3.8) is 0 Å². The van der Waals surface area contributed by atoms with E-state index in [9.17, 15) is 18.5 Å². The van der Waals surface area contributed by atoms with E-state index in [1.165, 1.54) is 36.4 Å². The van der Waals surface area contributed by atoms with Crippen LogP contribution in [-0.2, 0) is 14.9 Å². The molecule has 0 fully saturated rings. The Labute approximate surface area is 127 Å². The number of nitro groups is 1. The summed E-state index contributed by atoms with van der Waals surface area (Å²) in [6, 6.07) is 12.9. The molecule has 0 aromatic heterocycles. The Morgan fingerprint density at radius 3 is 2.18 bits per heavy atom. The fourth-order valence-corrected chi connectivity index (χ4v) is 3.12. The monoisotopic (exact) mass is 322 g/mol. The van der Waals surface area contributed by atoms with Crippen molar-refractivity contribution in [2.45, 2.75) is 11.8 Å². The lowest BCUT2D eigenvalue weighted by atomic mass is 10.3. The summed E-state index contributed by atoms with van der Waals surface area (Å²) in [4.78, 5) is 15.4. The van der Waals surface area contributed by atoms with Crippen molar-refractivity contribution in [1.82, 2.24) is 0 Å². The summed E-state index contributed by atoms with van der Waals surface area (Å²) in [7, 11) is -3.91. The van der Waals surface area contributed by atoms with Gasteiger partial charge in [-0.25, -0.2) is 0 Å². The Bertz CT molecular complexity index is 745. The number of hydrogen-bond acceptors (Lipinski definition) is 5.